The van der Waals surface area contributed by atoms with E-state index in [-0.39, 0.29) is 11.7 Å². The first-order valence-corrected chi connectivity index (χ1v) is 14.2. The lowest BCUT2D eigenvalue weighted by Gasteiger charge is -2.24. The number of nitrogens with zero attached hydrogens (tertiary/aromatic N) is 2. The van der Waals surface area contributed by atoms with E-state index in [9.17, 15) is 14.7 Å². The number of aliphatic hydroxyl groups is 1. The third-order valence-corrected chi connectivity index (χ3v) is 7.12. The molecule has 1 unspecified atom stereocenters. The highest BCUT2D eigenvalue weighted by Gasteiger charge is 2.25. The molecule has 8 heteroatoms. The molecule has 2 atom stereocenters. The van der Waals surface area contributed by atoms with Gasteiger partial charge in [0.05, 0.1) is 23.7 Å². The first kappa shape index (κ1) is 30.7. The number of ether oxygens (including phenoxy) is 2. The Morgan fingerprint density at radius 3 is 2.59 bits per heavy atom. The average Bonchev–Trinajstić information content (AvgIpc) is 3.27. The van der Waals surface area contributed by atoms with Crippen LogP contribution in [0.25, 0.3) is 16.6 Å². The molecule has 0 amide bonds. The van der Waals surface area contributed by atoms with Gasteiger partial charge in [0.2, 0.25) is 0 Å². The Hall–Kier alpha value is -2.81. The Morgan fingerprint density at radius 1 is 1.26 bits per heavy atom. The van der Waals surface area contributed by atoms with Crippen LogP contribution >= 0.6 is 0 Å². The summed E-state index contributed by atoms with van der Waals surface area (Å²) in [4.78, 5) is 29.9. The van der Waals surface area contributed by atoms with E-state index >= 15 is 0 Å². The van der Waals surface area contributed by atoms with Crippen molar-refractivity contribution in [1.82, 2.24) is 14.9 Å². The van der Waals surface area contributed by atoms with Gasteiger partial charge < -0.3 is 19.1 Å². The van der Waals surface area contributed by atoms with Crippen LogP contribution in [-0.2, 0) is 32.2 Å². The minimum atomic E-state index is -0.892. The molecule has 0 bridgehead atoms. The van der Waals surface area contributed by atoms with E-state index in [1.165, 1.54) is 0 Å². The van der Waals surface area contributed by atoms with Crippen LogP contribution < -0.4 is 5.32 Å². The molecule has 1 aliphatic rings. The third kappa shape index (κ3) is 8.34. The number of hydrogen-bond acceptors (Lipinski definition) is 7. The molecule has 1 saturated heterocycles. The number of hydrogen-bond donors (Lipinski definition) is 2. The Labute approximate surface area is 232 Å². The summed E-state index contributed by atoms with van der Waals surface area (Å²) in [6, 6.07) is 5.29. The van der Waals surface area contributed by atoms with Gasteiger partial charge in [-0.2, -0.15) is 0 Å². The van der Waals surface area contributed by atoms with Crippen LogP contribution in [0, 0.1) is 11.8 Å². The molecular formula is C31H45N3O5. The molecular weight excluding hydrogens is 494 g/mol. The van der Waals surface area contributed by atoms with E-state index < -0.39 is 18.1 Å². The van der Waals surface area contributed by atoms with Gasteiger partial charge >= 0.3 is 5.97 Å². The van der Waals surface area contributed by atoms with Gasteiger partial charge in [-0.15, -0.1) is 0 Å². The summed E-state index contributed by atoms with van der Waals surface area (Å²) < 4.78 is 13.2. The maximum absolute atomic E-state index is 12.5. The second kappa shape index (κ2) is 14.5. The molecule has 39 heavy (non-hydrogen) atoms. The summed E-state index contributed by atoms with van der Waals surface area (Å²) in [5, 5.41) is 13.3. The van der Waals surface area contributed by atoms with Crippen LogP contribution in [0.3, 0.4) is 0 Å². The number of aliphatic hydroxyl groups excluding tert-OH is 1. The van der Waals surface area contributed by atoms with Crippen LogP contribution in [0.15, 0.2) is 35.9 Å². The largest absolute Gasteiger partial charge is 0.464 e. The molecule has 2 heterocycles. The summed E-state index contributed by atoms with van der Waals surface area (Å²) in [6.45, 7) is 14.3. The van der Waals surface area contributed by atoms with Gasteiger partial charge in [0.25, 0.3) is 0 Å². The zero-order chi connectivity index (χ0) is 28.5. The van der Waals surface area contributed by atoms with E-state index in [1.807, 2.05) is 58.9 Å². The second-order valence-electron chi connectivity index (χ2n) is 10.9. The summed E-state index contributed by atoms with van der Waals surface area (Å²) in [5.41, 5.74) is 4.45. The van der Waals surface area contributed by atoms with Crippen molar-refractivity contribution in [2.75, 3.05) is 19.8 Å². The lowest BCUT2D eigenvalue weighted by Crippen LogP contribution is -2.45. The number of imidazole rings is 1. The van der Waals surface area contributed by atoms with Crippen molar-refractivity contribution in [3.05, 3.63) is 47.3 Å². The van der Waals surface area contributed by atoms with E-state index in [0.29, 0.717) is 31.1 Å². The molecule has 8 nitrogen and oxygen atoms in total. The van der Waals surface area contributed by atoms with Crippen LogP contribution in [0.2, 0.25) is 0 Å². The highest BCUT2D eigenvalue weighted by atomic mass is 16.5. The molecule has 1 aromatic heterocycles. The van der Waals surface area contributed by atoms with Crippen LogP contribution in [0.5, 0.6) is 0 Å². The average molecular weight is 540 g/mol. The lowest BCUT2D eigenvalue weighted by atomic mass is 10.00. The Bertz CT molecular complexity index is 1190. The molecule has 0 radical (unpaired) electrons. The number of benzene rings is 1. The number of carbonyl (C=O) groups excluding carboxylic acids is 2. The van der Waals surface area contributed by atoms with Gasteiger partial charge in [-0.05, 0) is 74.8 Å². The number of aromatic nitrogens is 2. The first-order valence-electron chi connectivity index (χ1n) is 14.2. The predicted molar refractivity (Wildman–Crippen MR) is 154 cm³/mol. The summed E-state index contributed by atoms with van der Waals surface area (Å²) >= 11 is 0. The summed E-state index contributed by atoms with van der Waals surface area (Å²) in [6.07, 6.45) is 5.52. The SMILES string of the molecule is C/C=C(\C=C(\C)C(=O)CC)c1nc2cc(CN[C@H](C(=O)OCC(C)C)C(C)O)ccc2n1CC1CCOCC1. The number of carbonyl (C=O) groups is 2. The van der Waals surface area contributed by atoms with Crippen molar-refractivity contribution in [3.63, 3.8) is 0 Å². The minimum Gasteiger partial charge on any atom is -0.464 e. The zero-order valence-corrected chi connectivity index (χ0v) is 24.3. The first-order chi connectivity index (χ1) is 18.6. The Morgan fingerprint density at radius 2 is 1.97 bits per heavy atom. The van der Waals surface area contributed by atoms with Crippen molar-refractivity contribution >= 4 is 28.4 Å². The fourth-order valence-electron chi connectivity index (χ4n) is 4.76. The van der Waals surface area contributed by atoms with Gasteiger partial charge in [-0.1, -0.05) is 32.9 Å². The van der Waals surface area contributed by atoms with Crippen molar-refractivity contribution < 1.29 is 24.2 Å². The third-order valence-electron chi connectivity index (χ3n) is 7.12. The van der Waals surface area contributed by atoms with Crippen molar-refractivity contribution in [3.8, 4) is 0 Å². The second-order valence-corrected chi connectivity index (χ2v) is 10.9. The maximum Gasteiger partial charge on any atom is 0.325 e. The number of Topliss-reactive ketones (excluding diaryl/α,β-unsaturated/α-hetero) is 1. The van der Waals surface area contributed by atoms with E-state index in [2.05, 4.69) is 16.0 Å². The highest BCUT2D eigenvalue weighted by molar-refractivity contribution is 5.97. The molecule has 3 rings (SSSR count). The molecule has 2 N–H and O–H groups in total. The molecule has 2 aromatic rings. The molecule has 1 aromatic carbocycles. The topological polar surface area (TPSA) is 103 Å². The van der Waals surface area contributed by atoms with Gasteiger partial charge in [0.1, 0.15) is 11.9 Å². The van der Waals surface area contributed by atoms with Crippen LogP contribution in [-0.4, -0.2) is 58.4 Å². The number of rotatable bonds is 13. The van der Waals surface area contributed by atoms with Crippen molar-refractivity contribution in [1.29, 1.82) is 0 Å². The number of fused-ring (bicyclic) bond motifs is 1. The van der Waals surface area contributed by atoms with Gasteiger partial charge in [0, 0.05) is 38.3 Å². The van der Waals surface area contributed by atoms with Gasteiger partial charge in [0.15, 0.2) is 5.78 Å². The van der Waals surface area contributed by atoms with Crippen LogP contribution in [0.4, 0.5) is 0 Å². The highest BCUT2D eigenvalue weighted by Crippen LogP contribution is 2.28. The monoisotopic (exact) mass is 539 g/mol. The smallest absolute Gasteiger partial charge is 0.325 e. The standard InChI is InChI=1S/C31H45N3O5/c1-7-25(15-21(5)28(36)8-2)30-33-26-16-24(17-32-29(22(6)35)31(37)39-19-20(3)4)9-10-27(26)34(30)18-23-11-13-38-14-12-23/h7,9-10,15-16,20,22-23,29,32,35H,8,11-14,17-19H2,1-6H3/b21-15-,25-7+/t22?,29-/m0/s1. The fraction of sp³-hybridized carbons (Fsp3) is 0.581. The lowest BCUT2D eigenvalue weighted by molar-refractivity contribution is -0.150. The quantitative estimate of drug-likeness (QED) is 0.214. The van der Waals surface area contributed by atoms with E-state index in [0.717, 1.165) is 60.6 Å². The predicted octanol–water partition coefficient (Wildman–Crippen LogP) is 4.83. The number of esters is 1. The Balaban J connectivity index is 1.92. The summed E-state index contributed by atoms with van der Waals surface area (Å²) in [5.74, 6) is 1.21. The number of ketones is 1. The number of allylic oxidation sites excluding steroid dienone is 4. The van der Waals surface area contributed by atoms with Gasteiger partial charge in [-0.3, -0.25) is 14.9 Å². The van der Waals surface area contributed by atoms with Crippen molar-refractivity contribution in [2.45, 2.75) is 86.0 Å². The Kier molecular flexibility index (Phi) is 11.5. The fourth-order valence-corrected chi connectivity index (χ4v) is 4.76. The molecule has 214 valence electrons. The maximum atomic E-state index is 12.5. The molecule has 1 aliphatic heterocycles. The zero-order valence-electron chi connectivity index (χ0n) is 24.3. The molecule has 0 saturated carbocycles. The van der Waals surface area contributed by atoms with E-state index in [4.69, 9.17) is 14.5 Å². The number of nitrogens with one attached hydrogen (secondary N) is 1. The van der Waals surface area contributed by atoms with Gasteiger partial charge in [-0.25, -0.2) is 4.98 Å². The summed E-state index contributed by atoms with van der Waals surface area (Å²) in [7, 11) is 0. The normalized spacial score (nSPS) is 17.0. The van der Waals surface area contributed by atoms with E-state index in [1.54, 1.807) is 6.92 Å². The van der Waals surface area contributed by atoms with Crippen LogP contribution in [0.1, 0.15) is 72.2 Å². The minimum absolute atomic E-state index is 0.120. The van der Waals surface area contributed by atoms with Crippen molar-refractivity contribution in [2.24, 2.45) is 11.8 Å². The molecule has 1 fully saturated rings. The molecule has 0 aliphatic carbocycles. The molecule has 0 spiro atoms.